The molecule has 0 bridgehead atoms. The molecule has 0 radical (unpaired) electrons. The number of nitrogens with zero attached hydrogens (tertiary/aromatic N) is 2. The molecule has 1 fully saturated rings. The summed E-state index contributed by atoms with van der Waals surface area (Å²) in [6, 6.07) is 12.5. The summed E-state index contributed by atoms with van der Waals surface area (Å²) < 4.78 is 0. The van der Waals surface area contributed by atoms with E-state index in [0.29, 0.717) is 17.8 Å². The highest BCUT2D eigenvalue weighted by Crippen LogP contribution is 2.28. The number of rotatable bonds is 3. The molecule has 1 heterocycles. The minimum Gasteiger partial charge on any atom is -0.326 e. The largest absolute Gasteiger partial charge is 0.326 e. The van der Waals surface area contributed by atoms with Crippen LogP contribution in [0.15, 0.2) is 36.4 Å². The summed E-state index contributed by atoms with van der Waals surface area (Å²) in [5, 5.41) is 12.0. The average molecular weight is 368 g/mol. The molecule has 2 aromatic carbocycles. The van der Waals surface area contributed by atoms with Gasteiger partial charge in [0.15, 0.2) is 0 Å². The van der Waals surface area contributed by atoms with Crippen molar-refractivity contribution in [3.63, 3.8) is 0 Å². The Balaban J connectivity index is 1.71. The monoisotopic (exact) mass is 367 g/mol. The van der Waals surface area contributed by atoms with Crippen molar-refractivity contribution in [2.45, 2.75) is 20.3 Å². The minimum absolute atomic E-state index is 0.0636. The lowest BCUT2D eigenvalue weighted by Crippen LogP contribution is -2.28. The number of nitrogens with one attached hydrogen (secondary N) is 1. The Kier molecular flexibility index (Phi) is 4.97. The third-order valence-corrected chi connectivity index (χ3v) is 4.97. The molecule has 132 valence electrons. The van der Waals surface area contributed by atoms with Crippen molar-refractivity contribution >= 4 is 34.8 Å². The third-order valence-electron chi connectivity index (χ3n) is 4.66. The van der Waals surface area contributed by atoms with Crippen LogP contribution in [0, 0.1) is 31.1 Å². The first-order chi connectivity index (χ1) is 12.4. The van der Waals surface area contributed by atoms with Gasteiger partial charge >= 0.3 is 0 Å². The molecule has 0 saturated carbocycles. The molecule has 26 heavy (non-hydrogen) atoms. The summed E-state index contributed by atoms with van der Waals surface area (Å²) in [6.45, 7) is 4.36. The highest BCUT2D eigenvalue weighted by molar-refractivity contribution is 6.32. The van der Waals surface area contributed by atoms with Crippen molar-refractivity contribution in [2.75, 3.05) is 16.8 Å². The number of amides is 2. The number of anilines is 2. The zero-order valence-corrected chi connectivity index (χ0v) is 15.3. The van der Waals surface area contributed by atoms with Crippen molar-refractivity contribution in [1.29, 1.82) is 5.26 Å². The Labute approximate surface area is 157 Å². The number of aryl methyl sites for hydroxylation is 2. The molecule has 1 atom stereocenters. The van der Waals surface area contributed by atoms with E-state index in [4.69, 9.17) is 16.9 Å². The lowest BCUT2D eigenvalue weighted by Gasteiger charge is -2.18. The van der Waals surface area contributed by atoms with Gasteiger partial charge in [0.05, 0.1) is 16.5 Å². The quantitative estimate of drug-likeness (QED) is 0.896. The molecule has 1 aliphatic heterocycles. The standard InChI is InChI=1S/C20H18ClN3O2/c1-12-3-6-17(7-13(12)2)24-11-15(8-19(24)25)20(26)23-16-5-4-14(10-22)18(21)9-16/h3-7,9,15H,8,11H2,1-2H3,(H,23,26)/t15-/m0/s1. The number of benzene rings is 2. The summed E-state index contributed by atoms with van der Waals surface area (Å²) in [5.74, 6) is -0.727. The molecule has 3 rings (SSSR count). The molecule has 2 amide bonds. The van der Waals surface area contributed by atoms with Crippen LogP contribution in [0.2, 0.25) is 5.02 Å². The maximum atomic E-state index is 12.5. The van der Waals surface area contributed by atoms with Gasteiger partial charge in [-0.15, -0.1) is 0 Å². The summed E-state index contributed by atoms with van der Waals surface area (Å²) >= 11 is 5.99. The van der Waals surface area contributed by atoms with Crippen LogP contribution in [0.3, 0.4) is 0 Å². The van der Waals surface area contributed by atoms with E-state index in [1.54, 1.807) is 17.0 Å². The fourth-order valence-electron chi connectivity index (χ4n) is 2.95. The Hall–Kier alpha value is -2.84. The average Bonchev–Trinajstić information content (AvgIpc) is 2.99. The summed E-state index contributed by atoms with van der Waals surface area (Å²) in [6.07, 6.45) is 0.169. The first-order valence-corrected chi connectivity index (χ1v) is 8.65. The normalized spacial score (nSPS) is 16.5. The Morgan fingerprint density at radius 2 is 2.00 bits per heavy atom. The number of hydrogen-bond donors (Lipinski definition) is 1. The molecule has 5 nitrogen and oxygen atoms in total. The second-order valence-electron chi connectivity index (χ2n) is 6.47. The van der Waals surface area contributed by atoms with Crippen LogP contribution in [-0.2, 0) is 9.59 Å². The van der Waals surface area contributed by atoms with E-state index in [1.165, 1.54) is 6.07 Å². The van der Waals surface area contributed by atoms with Gasteiger partial charge < -0.3 is 10.2 Å². The van der Waals surface area contributed by atoms with Gasteiger partial charge in [0.2, 0.25) is 11.8 Å². The number of carbonyl (C=O) groups is 2. The number of nitriles is 1. The molecular formula is C20H18ClN3O2. The van der Waals surface area contributed by atoms with Gasteiger partial charge in [-0.2, -0.15) is 5.26 Å². The van der Waals surface area contributed by atoms with Crippen LogP contribution in [0.5, 0.6) is 0 Å². The van der Waals surface area contributed by atoms with E-state index < -0.39 is 5.92 Å². The van der Waals surface area contributed by atoms with Gasteiger partial charge in [-0.3, -0.25) is 9.59 Å². The topological polar surface area (TPSA) is 73.2 Å². The molecule has 0 aromatic heterocycles. The fourth-order valence-corrected chi connectivity index (χ4v) is 3.18. The van der Waals surface area contributed by atoms with Gasteiger partial charge in [-0.05, 0) is 55.3 Å². The highest BCUT2D eigenvalue weighted by atomic mass is 35.5. The molecular weight excluding hydrogens is 350 g/mol. The highest BCUT2D eigenvalue weighted by Gasteiger charge is 2.35. The predicted octanol–water partition coefficient (Wildman–Crippen LogP) is 3.82. The zero-order chi connectivity index (χ0) is 18.8. The Morgan fingerprint density at radius 1 is 1.23 bits per heavy atom. The van der Waals surface area contributed by atoms with Crippen LogP contribution in [0.25, 0.3) is 0 Å². The van der Waals surface area contributed by atoms with Gasteiger partial charge in [-0.1, -0.05) is 17.7 Å². The second-order valence-corrected chi connectivity index (χ2v) is 6.88. The predicted molar refractivity (Wildman–Crippen MR) is 101 cm³/mol. The lowest BCUT2D eigenvalue weighted by atomic mass is 10.1. The SMILES string of the molecule is Cc1ccc(N2C[C@@H](C(=O)Nc3ccc(C#N)c(Cl)c3)CC2=O)cc1C. The van der Waals surface area contributed by atoms with E-state index in [9.17, 15) is 9.59 Å². The van der Waals surface area contributed by atoms with Crippen molar-refractivity contribution in [3.05, 3.63) is 58.1 Å². The van der Waals surface area contributed by atoms with Crippen LogP contribution in [0.1, 0.15) is 23.1 Å². The third kappa shape index (κ3) is 3.56. The van der Waals surface area contributed by atoms with E-state index in [-0.39, 0.29) is 23.3 Å². The lowest BCUT2D eigenvalue weighted by molar-refractivity contribution is -0.122. The number of hydrogen-bond acceptors (Lipinski definition) is 3. The Morgan fingerprint density at radius 3 is 2.65 bits per heavy atom. The molecule has 1 saturated heterocycles. The van der Waals surface area contributed by atoms with Crippen molar-refractivity contribution < 1.29 is 9.59 Å². The van der Waals surface area contributed by atoms with E-state index in [1.807, 2.05) is 38.1 Å². The van der Waals surface area contributed by atoms with E-state index in [0.717, 1.165) is 16.8 Å². The van der Waals surface area contributed by atoms with Gasteiger partial charge in [0, 0.05) is 24.3 Å². The minimum atomic E-state index is -0.432. The van der Waals surface area contributed by atoms with Gasteiger partial charge in [0.1, 0.15) is 6.07 Å². The van der Waals surface area contributed by atoms with Gasteiger partial charge in [-0.25, -0.2) is 0 Å². The zero-order valence-electron chi connectivity index (χ0n) is 14.5. The van der Waals surface area contributed by atoms with E-state index in [2.05, 4.69) is 5.32 Å². The molecule has 6 heteroatoms. The van der Waals surface area contributed by atoms with Crippen molar-refractivity contribution in [1.82, 2.24) is 0 Å². The van der Waals surface area contributed by atoms with E-state index >= 15 is 0 Å². The molecule has 0 aliphatic carbocycles. The molecule has 2 aromatic rings. The van der Waals surface area contributed by atoms with Crippen molar-refractivity contribution in [3.8, 4) is 6.07 Å². The van der Waals surface area contributed by atoms with Crippen LogP contribution >= 0.6 is 11.6 Å². The Bertz CT molecular complexity index is 933. The fraction of sp³-hybridized carbons (Fsp3) is 0.250. The molecule has 1 N–H and O–H groups in total. The van der Waals surface area contributed by atoms with Gasteiger partial charge in [0.25, 0.3) is 0 Å². The second kappa shape index (κ2) is 7.19. The number of carbonyl (C=O) groups excluding carboxylic acids is 2. The first-order valence-electron chi connectivity index (χ1n) is 8.27. The smallest absolute Gasteiger partial charge is 0.229 e. The number of halogens is 1. The maximum Gasteiger partial charge on any atom is 0.229 e. The van der Waals surface area contributed by atoms with Crippen LogP contribution in [0.4, 0.5) is 11.4 Å². The first kappa shape index (κ1) is 18.0. The molecule has 0 unspecified atom stereocenters. The van der Waals surface area contributed by atoms with Crippen molar-refractivity contribution in [2.24, 2.45) is 5.92 Å². The van der Waals surface area contributed by atoms with Crippen LogP contribution in [-0.4, -0.2) is 18.4 Å². The summed E-state index contributed by atoms with van der Waals surface area (Å²) in [4.78, 5) is 26.5. The maximum absolute atomic E-state index is 12.5. The molecule has 0 spiro atoms. The van der Waals surface area contributed by atoms with Crippen LogP contribution < -0.4 is 10.2 Å². The summed E-state index contributed by atoms with van der Waals surface area (Å²) in [7, 11) is 0. The molecule has 1 aliphatic rings. The summed E-state index contributed by atoms with van der Waals surface area (Å²) in [5.41, 5.74) is 3.94.